The van der Waals surface area contributed by atoms with Crippen LogP contribution in [-0.4, -0.2) is 0 Å². The van der Waals surface area contributed by atoms with Crippen LogP contribution in [-0.2, 0) is 0 Å². The van der Waals surface area contributed by atoms with Gasteiger partial charge in [-0.15, -0.1) is 6.42 Å². The first-order valence-electron chi connectivity index (χ1n) is 10.8. The van der Waals surface area contributed by atoms with Crippen molar-refractivity contribution >= 4 is 65.7 Å². The first kappa shape index (κ1) is 19.9. The van der Waals surface area contributed by atoms with E-state index in [0.717, 1.165) is 32.8 Å². The molecule has 6 rings (SSSR count). The van der Waals surface area contributed by atoms with Crippen LogP contribution in [0.1, 0.15) is 16.7 Å². The van der Waals surface area contributed by atoms with E-state index in [2.05, 4.69) is 125 Å². The monoisotopic (exact) mass is 528 g/mol. The Morgan fingerprint density at radius 2 is 0.909 bits per heavy atom. The first-order valence-corrected chi connectivity index (χ1v) is 11.8. The normalized spacial score (nSPS) is 10.9. The van der Waals surface area contributed by atoms with Gasteiger partial charge in [-0.05, 0) is 114 Å². The fourth-order valence-electron chi connectivity index (χ4n) is 4.54. The zero-order chi connectivity index (χ0) is 22.4. The maximum absolute atomic E-state index is 5.76. The molecule has 0 bridgehead atoms. The smallest absolute Gasteiger partial charge is 0.0327 e. The van der Waals surface area contributed by atoms with Gasteiger partial charge < -0.3 is 0 Å². The van der Waals surface area contributed by atoms with E-state index in [0.29, 0.717) is 0 Å². The van der Waals surface area contributed by atoms with Crippen molar-refractivity contribution in [1.82, 2.24) is 0 Å². The van der Waals surface area contributed by atoms with Crippen molar-refractivity contribution in [3.05, 3.63) is 117 Å². The van der Waals surface area contributed by atoms with Gasteiger partial charge in [0.2, 0.25) is 0 Å². The highest BCUT2D eigenvalue weighted by Gasteiger charge is 2.06. The minimum absolute atomic E-state index is 0.910. The standard InChI is InChI=1S/C32H17I/c1-2-21-7-3-10-24-17-25-11-4-8-22(29(25)19-28(21)24)15-16-23-9-5-12-26-18-27-13-6-14-32(33)31(27)20-30(23)26/h1,3-14,17-20H. The van der Waals surface area contributed by atoms with E-state index in [-0.39, 0.29) is 0 Å². The van der Waals surface area contributed by atoms with Gasteiger partial charge in [0.15, 0.2) is 0 Å². The molecule has 0 amide bonds. The topological polar surface area (TPSA) is 0 Å². The average molecular weight is 528 g/mol. The fraction of sp³-hybridized carbons (Fsp3) is 0. The van der Waals surface area contributed by atoms with Crippen LogP contribution in [0.5, 0.6) is 0 Å². The predicted molar refractivity (Wildman–Crippen MR) is 150 cm³/mol. The molecule has 0 aliphatic rings. The molecule has 152 valence electrons. The molecular weight excluding hydrogens is 511 g/mol. The molecule has 0 aromatic heterocycles. The molecule has 0 aliphatic carbocycles. The van der Waals surface area contributed by atoms with Crippen LogP contribution in [0.3, 0.4) is 0 Å². The molecule has 0 N–H and O–H groups in total. The molecule has 0 aliphatic heterocycles. The van der Waals surface area contributed by atoms with E-state index < -0.39 is 0 Å². The molecule has 6 aromatic rings. The SMILES string of the molecule is C#Cc1cccc2cc3cccc(C#Cc4cccc5cc6cccc(I)c6cc45)c3cc12. The van der Waals surface area contributed by atoms with Crippen LogP contribution in [0.15, 0.2) is 97.1 Å². The summed E-state index contributed by atoms with van der Waals surface area (Å²) in [5, 5.41) is 9.44. The Hall–Kier alpha value is -3.79. The summed E-state index contributed by atoms with van der Waals surface area (Å²) in [5.74, 6) is 9.74. The molecule has 0 fully saturated rings. The number of benzene rings is 6. The van der Waals surface area contributed by atoms with Crippen molar-refractivity contribution in [3.63, 3.8) is 0 Å². The average Bonchev–Trinajstić information content (AvgIpc) is 2.85. The third-order valence-corrected chi connectivity index (χ3v) is 7.13. The van der Waals surface area contributed by atoms with Crippen LogP contribution in [0.2, 0.25) is 0 Å². The molecule has 0 atom stereocenters. The van der Waals surface area contributed by atoms with Gasteiger partial charge in [-0.3, -0.25) is 0 Å². The van der Waals surface area contributed by atoms with Crippen LogP contribution < -0.4 is 0 Å². The van der Waals surface area contributed by atoms with Crippen LogP contribution in [0.4, 0.5) is 0 Å². The van der Waals surface area contributed by atoms with Crippen molar-refractivity contribution in [2.75, 3.05) is 0 Å². The molecule has 0 saturated carbocycles. The Morgan fingerprint density at radius 3 is 1.45 bits per heavy atom. The highest BCUT2D eigenvalue weighted by atomic mass is 127. The lowest BCUT2D eigenvalue weighted by Gasteiger charge is -2.07. The molecular formula is C32H17I. The molecule has 0 spiro atoms. The maximum atomic E-state index is 5.76. The summed E-state index contributed by atoms with van der Waals surface area (Å²) in [4.78, 5) is 0. The third kappa shape index (κ3) is 3.43. The van der Waals surface area contributed by atoms with Gasteiger partial charge in [0, 0.05) is 20.3 Å². The van der Waals surface area contributed by atoms with E-state index in [1.807, 2.05) is 12.1 Å². The summed E-state index contributed by atoms with van der Waals surface area (Å²) >= 11 is 2.41. The predicted octanol–water partition coefficient (Wildman–Crippen LogP) is 8.29. The highest BCUT2D eigenvalue weighted by molar-refractivity contribution is 14.1. The highest BCUT2D eigenvalue weighted by Crippen LogP contribution is 2.29. The van der Waals surface area contributed by atoms with Crippen molar-refractivity contribution in [2.45, 2.75) is 0 Å². The molecule has 0 radical (unpaired) electrons. The van der Waals surface area contributed by atoms with E-state index in [1.54, 1.807) is 0 Å². The van der Waals surface area contributed by atoms with Crippen molar-refractivity contribution in [2.24, 2.45) is 0 Å². The number of hydrogen-bond acceptors (Lipinski definition) is 0. The number of fused-ring (bicyclic) bond motifs is 4. The summed E-state index contributed by atoms with van der Waals surface area (Å²) in [6.45, 7) is 0. The van der Waals surface area contributed by atoms with Gasteiger partial charge in [-0.25, -0.2) is 0 Å². The zero-order valence-corrected chi connectivity index (χ0v) is 19.9. The van der Waals surface area contributed by atoms with Gasteiger partial charge in [-0.2, -0.15) is 0 Å². The Balaban J connectivity index is 1.56. The van der Waals surface area contributed by atoms with Crippen LogP contribution in [0.25, 0.3) is 43.1 Å². The first-order chi connectivity index (χ1) is 16.2. The second-order valence-corrected chi connectivity index (χ2v) is 9.30. The molecule has 0 nitrogen and oxygen atoms in total. The summed E-state index contributed by atoms with van der Waals surface area (Å²) in [7, 11) is 0. The van der Waals surface area contributed by atoms with Gasteiger partial charge in [0.25, 0.3) is 0 Å². The lowest BCUT2D eigenvalue weighted by atomic mass is 9.96. The minimum atomic E-state index is 0.910. The van der Waals surface area contributed by atoms with Gasteiger partial charge in [-0.1, -0.05) is 66.3 Å². The summed E-state index contributed by atoms with van der Waals surface area (Å²) < 4.78 is 1.25. The lowest BCUT2D eigenvalue weighted by molar-refractivity contribution is 1.68. The van der Waals surface area contributed by atoms with E-state index in [9.17, 15) is 0 Å². The number of rotatable bonds is 0. The second kappa shape index (κ2) is 7.96. The molecule has 0 unspecified atom stereocenters. The van der Waals surface area contributed by atoms with E-state index in [1.165, 1.54) is 30.5 Å². The number of terminal acetylenes is 1. The van der Waals surface area contributed by atoms with Crippen LogP contribution >= 0.6 is 22.6 Å². The summed E-state index contributed by atoms with van der Waals surface area (Å²) in [5.41, 5.74) is 2.96. The number of halogens is 1. The minimum Gasteiger partial charge on any atom is -0.115 e. The second-order valence-electron chi connectivity index (χ2n) is 8.14. The third-order valence-electron chi connectivity index (χ3n) is 6.19. The van der Waals surface area contributed by atoms with Gasteiger partial charge in [0.1, 0.15) is 0 Å². The fourth-order valence-corrected chi connectivity index (χ4v) is 5.22. The van der Waals surface area contributed by atoms with Crippen LogP contribution in [0, 0.1) is 27.8 Å². The van der Waals surface area contributed by atoms with Gasteiger partial charge >= 0.3 is 0 Å². The maximum Gasteiger partial charge on any atom is 0.0327 e. The number of hydrogen-bond donors (Lipinski definition) is 0. The molecule has 6 aromatic carbocycles. The van der Waals surface area contributed by atoms with Crippen molar-refractivity contribution in [1.29, 1.82) is 0 Å². The Kier molecular flexibility index (Phi) is 4.79. The Morgan fingerprint density at radius 1 is 0.485 bits per heavy atom. The summed E-state index contributed by atoms with van der Waals surface area (Å²) in [6, 6.07) is 34.1. The molecule has 0 heterocycles. The quantitative estimate of drug-likeness (QED) is 0.106. The van der Waals surface area contributed by atoms with E-state index in [4.69, 9.17) is 6.42 Å². The Bertz CT molecular complexity index is 1840. The van der Waals surface area contributed by atoms with Crippen molar-refractivity contribution < 1.29 is 0 Å². The summed E-state index contributed by atoms with van der Waals surface area (Å²) in [6.07, 6.45) is 5.76. The molecule has 33 heavy (non-hydrogen) atoms. The Labute approximate surface area is 206 Å². The molecule has 1 heteroatoms. The van der Waals surface area contributed by atoms with Crippen molar-refractivity contribution in [3.8, 4) is 24.2 Å². The zero-order valence-electron chi connectivity index (χ0n) is 17.7. The lowest BCUT2D eigenvalue weighted by Crippen LogP contribution is -1.86. The van der Waals surface area contributed by atoms with E-state index >= 15 is 0 Å². The molecule has 0 saturated heterocycles. The largest absolute Gasteiger partial charge is 0.115 e. The van der Waals surface area contributed by atoms with Gasteiger partial charge in [0.05, 0.1) is 0 Å².